The highest BCUT2D eigenvalue weighted by molar-refractivity contribution is 5.95. The van der Waals surface area contributed by atoms with E-state index in [1.165, 1.54) is 11.6 Å². The molecule has 1 fully saturated rings. The molecule has 150 valence electrons. The maximum absolute atomic E-state index is 13.4. The van der Waals surface area contributed by atoms with Crippen molar-refractivity contribution in [2.24, 2.45) is 14.1 Å². The summed E-state index contributed by atoms with van der Waals surface area (Å²) in [5, 5.41) is 3.65. The number of aryl methyl sites for hydroxylation is 2. The van der Waals surface area contributed by atoms with Crippen LogP contribution in [0.2, 0.25) is 0 Å². The SMILES string of the molecule is Cc1cc(C(=O)N2CCNCC2c2cccnc2)nc2c1c(=O)n(C)c(=O)n2C. The number of pyridine rings is 2. The minimum absolute atomic E-state index is 0.171. The first kappa shape index (κ1) is 19.0. The van der Waals surface area contributed by atoms with E-state index in [0.717, 1.165) is 10.1 Å². The second-order valence-electron chi connectivity index (χ2n) is 7.23. The first-order valence-corrected chi connectivity index (χ1v) is 9.39. The number of piperazine rings is 1. The lowest BCUT2D eigenvalue weighted by Gasteiger charge is -2.36. The van der Waals surface area contributed by atoms with Crippen LogP contribution >= 0.6 is 0 Å². The van der Waals surface area contributed by atoms with Crippen LogP contribution in [0.4, 0.5) is 0 Å². The summed E-state index contributed by atoms with van der Waals surface area (Å²) in [6.07, 6.45) is 3.45. The van der Waals surface area contributed by atoms with Crippen LogP contribution in [0.25, 0.3) is 11.0 Å². The van der Waals surface area contributed by atoms with Gasteiger partial charge in [0, 0.05) is 46.1 Å². The number of fused-ring (bicyclic) bond motifs is 1. The lowest BCUT2D eigenvalue weighted by atomic mass is 10.0. The fourth-order valence-corrected chi connectivity index (χ4v) is 3.81. The number of aromatic nitrogens is 4. The fourth-order valence-electron chi connectivity index (χ4n) is 3.81. The molecule has 1 unspecified atom stereocenters. The molecule has 4 rings (SSSR count). The molecule has 3 aromatic rings. The summed E-state index contributed by atoms with van der Waals surface area (Å²) in [6, 6.07) is 5.24. The highest BCUT2D eigenvalue weighted by Crippen LogP contribution is 2.24. The summed E-state index contributed by atoms with van der Waals surface area (Å²) in [4.78, 5) is 48.6. The number of amides is 1. The van der Waals surface area contributed by atoms with Gasteiger partial charge in [-0.1, -0.05) is 6.07 Å². The molecule has 0 aliphatic carbocycles. The Morgan fingerprint density at radius 1 is 1.24 bits per heavy atom. The van der Waals surface area contributed by atoms with Crippen LogP contribution in [0.5, 0.6) is 0 Å². The fraction of sp³-hybridized carbons (Fsp3) is 0.350. The number of hydrogen-bond acceptors (Lipinski definition) is 6. The molecule has 0 saturated carbocycles. The van der Waals surface area contributed by atoms with Gasteiger partial charge in [0.25, 0.3) is 11.5 Å². The van der Waals surface area contributed by atoms with Gasteiger partial charge in [-0.3, -0.25) is 23.7 Å². The average molecular weight is 394 g/mol. The van der Waals surface area contributed by atoms with Gasteiger partial charge in [0.1, 0.15) is 11.3 Å². The quantitative estimate of drug-likeness (QED) is 0.663. The minimum atomic E-state index is -0.477. The molecule has 9 heteroatoms. The van der Waals surface area contributed by atoms with E-state index >= 15 is 0 Å². The summed E-state index contributed by atoms with van der Waals surface area (Å²) < 4.78 is 2.35. The van der Waals surface area contributed by atoms with Gasteiger partial charge in [0.05, 0.1) is 11.4 Å². The molecular weight excluding hydrogens is 372 g/mol. The first-order chi connectivity index (χ1) is 13.9. The highest BCUT2D eigenvalue weighted by atomic mass is 16.2. The lowest BCUT2D eigenvalue weighted by Crippen LogP contribution is -2.49. The second-order valence-corrected chi connectivity index (χ2v) is 7.23. The minimum Gasteiger partial charge on any atom is -0.328 e. The van der Waals surface area contributed by atoms with E-state index in [-0.39, 0.29) is 23.3 Å². The van der Waals surface area contributed by atoms with E-state index in [0.29, 0.717) is 30.6 Å². The molecule has 0 aromatic carbocycles. The van der Waals surface area contributed by atoms with Crippen molar-refractivity contribution in [3.63, 3.8) is 0 Å². The average Bonchev–Trinajstić information content (AvgIpc) is 2.75. The number of nitrogens with one attached hydrogen (secondary N) is 1. The molecule has 1 atom stereocenters. The van der Waals surface area contributed by atoms with Crippen LogP contribution in [0.1, 0.15) is 27.7 Å². The zero-order chi connectivity index (χ0) is 20.7. The van der Waals surface area contributed by atoms with Crippen LogP contribution in [0.15, 0.2) is 40.2 Å². The molecule has 0 bridgehead atoms. The van der Waals surface area contributed by atoms with Crippen molar-refractivity contribution in [3.05, 3.63) is 68.3 Å². The van der Waals surface area contributed by atoms with E-state index in [9.17, 15) is 14.4 Å². The van der Waals surface area contributed by atoms with E-state index < -0.39 is 11.2 Å². The standard InChI is InChI=1S/C20H22N6O3/c1-12-9-14(23-17-16(12)19(28)25(3)20(29)24(17)2)18(27)26-8-7-22-11-15(26)13-5-4-6-21-10-13/h4-6,9-10,15,22H,7-8,11H2,1-3H3. The van der Waals surface area contributed by atoms with Crippen molar-refractivity contribution in [1.82, 2.24) is 29.3 Å². The Labute approximate surface area is 166 Å². The van der Waals surface area contributed by atoms with Crippen molar-refractivity contribution in [1.29, 1.82) is 0 Å². The van der Waals surface area contributed by atoms with Crippen molar-refractivity contribution in [2.45, 2.75) is 13.0 Å². The third kappa shape index (κ3) is 3.13. The monoisotopic (exact) mass is 394 g/mol. The van der Waals surface area contributed by atoms with Gasteiger partial charge >= 0.3 is 5.69 Å². The van der Waals surface area contributed by atoms with Gasteiger partial charge in [-0.15, -0.1) is 0 Å². The molecule has 1 saturated heterocycles. The molecule has 29 heavy (non-hydrogen) atoms. The van der Waals surface area contributed by atoms with Crippen molar-refractivity contribution in [3.8, 4) is 0 Å². The summed E-state index contributed by atoms with van der Waals surface area (Å²) in [7, 11) is 2.98. The predicted octanol–water partition coefficient (Wildman–Crippen LogP) is 0.122. The molecule has 9 nitrogen and oxygen atoms in total. The maximum atomic E-state index is 13.4. The van der Waals surface area contributed by atoms with Crippen molar-refractivity contribution in [2.75, 3.05) is 19.6 Å². The molecule has 1 N–H and O–H groups in total. The third-order valence-corrected chi connectivity index (χ3v) is 5.40. The van der Waals surface area contributed by atoms with Gasteiger partial charge in [0.15, 0.2) is 0 Å². The van der Waals surface area contributed by atoms with Crippen molar-refractivity contribution >= 4 is 16.9 Å². The Hall–Kier alpha value is -3.33. The number of carbonyl (C=O) groups excluding carboxylic acids is 1. The zero-order valence-electron chi connectivity index (χ0n) is 16.5. The molecule has 3 aromatic heterocycles. The first-order valence-electron chi connectivity index (χ1n) is 9.39. The maximum Gasteiger partial charge on any atom is 0.332 e. The smallest absolute Gasteiger partial charge is 0.328 e. The molecule has 4 heterocycles. The molecule has 1 amide bonds. The molecule has 0 radical (unpaired) electrons. The van der Waals surface area contributed by atoms with Crippen LogP contribution < -0.4 is 16.6 Å². The summed E-state index contributed by atoms with van der Waals surface area (Å²) >= 11 is 0. The lowest BCUT2D eigenvalue weighted by molar-refractivity contribution is 0.0628. The van der Waals surface area contributed by atoms with E-state index in [4.69, 9.17) is 0 Å². The van der Waals surface area contributed by atoms with Crippen LogP contribution in [-0.4, -0.2) is 49.5 Å². The second kappa shape index (κ2) is 7.25. The third-order valence-electron chi connectivity index (χ3n) is 5.40. The van der Waals surface area contributed by atoms with E-state index in [1.807, 2.05) is 12.1 Å². The number of rotatable bonds is 2. The normalized spacial score (nSPS) is 16.9. The number of hydrogen-bond donors (Lipinski definition) is 1. The highest BCUT2D eigenvalue weighted by Gasteiger charge is 2.30. The van der Waals surface area contributed by atoms with Crippen molar-refractivity contribution < 1.29 is 4.79 Å². The Morgan fingerprint density at radius 2 is 2.03 bits per heavy atom. The van der Waals surface area contributed by atoms with Gasteiger partial charge in [-0.2, -0.15) is 0 Å². The molecule has 1 aliphatic rings. The molecule has 0 spiro atoms. The largest absolute Gasteiger partial charge is 0.332 e. The molecular formula is C20H22N6O3. The topological polar surface area (TPSA) is 102 Å². The van der Waals surface area contributed by atoms with Crippen LogP contribution in [0, 0.1) is 6.92 Å². The summed E-state index contributed by atoms with van der Waals surface area (Å²) in [6.45, 7) is 3.56. The van der Waals surface area contributed by atoms with Gasteiger partial charge in [-0.25, -0.2) is 9.78 Å². The van der Waals surface area contributed by atoms with E-state index in [1.54, 1.807) is 37.3 Å². The Balaban J connectivity index is 1.83. The number of carbonyl (C=O) groups is 1. The zero-order valence-corrected chi connectivity index (χ0v) is 16.5. The Bertz CT molecular complexity index is 1210. The van der Waals surface area contributed by atoms with E-state index in [2.05, 4.69) is 15.3 Å². The Morgan fingerprint density at radius 3 is 2.76 bits per heavy atom. The number of nitrogens with zero attached hydrogens (tertiary/aromatic N) is 5. The summed E-state index contributed by atoms with van der Waals surface area (Å²) in [5.41, 5.74) is 1.09. The molecule has 1 aliphatic heterocycles. The van der Waals surface area contributed by atoms with Gasteiger partial charge in [0.2, 0.25) is 0 Å². The van der Waals surface area contributed by atoms with Gasteiger partial charge < -0.3 is 10.2 Å². The Kier molecular flexibility index (Phi) is 4.75. The van der Waals surface area contributed by atoms with Gasteiger partial charge in [-0.05, 0) is 30.2 Å². The van der Waals surface area contributed by atoms with Crippen LogP contribution in [0.3, 0.4) is 0 Å². The van der Waals surface area contributed by atoms with Crippen LogP contribution in [-0.2, 0) is 14.1 Å². The summed E-state index contributed by atoms with van der Waals surface area (Å²) in [5.74, 6) is -0.238. The predicted molar refractivity (Wildman–Crippen MR) is 108 cm³/mol.